The predicted octanol–water partition coefficient (Wildman–Crippen LogP) is 3.14. The van der Waals surface area contributed by atoms with Crippen molar-refractivity contribution in [1.82, 2.24) is 10.2 Å². The number of alkyl carbamates (subject to hydrolysis) is 1. The largest absolute Gasteiger partial charge is 0.445 e. The molecule has 1 saturated heterocycles. The smallest absolute Gasteiger partial charge is 0.407 e. The number of Topliss-reactive ketones (excluding diaryl/α,β-unsaturated/α-hetero) is 1. The predicted molar refractivity (Wildman–Crippen MR) is 105 cm³/mol. The topological polar surface area (TPSA) is 75.7 Å². The third-order valence-corrected chi connectivity index (χ3v) is 5.06. The maximum absolute atomic E-state index is 12.9. The van der Waals surface area contributed by atoms with E-state index >= 15 is 0 Å². The second kappa shape index (κ2) is 9.35. The fourth-order valence-electron chi connectivity index (χ4n) is 3.61. The van der Waals surface area contributed by atoms with Crippen LogP contribution in [0, 0.1) is 0 Å². The van der Waals surface area contributed by atoms with Gasteiger partial charge >= 0.3 is 6.09 Å². The number of ether oxygens (including phenoxy) is 1. The minimum atomic E-state index is -0.533. The fraction of sp³-hybridized carbons (Fsp3) is 0.409. The van der Waals surface area contributed by atoms with Gasteiger partial charge in [-0.2, -0.15) is 0 Å². The molecule has 148 valence electrons. The van der Waals surface area contributed by atoms with E-state index < -0.39 is 12.1 Å². The minimum absolute atomic E-state index is 0.0324. The minimum Gasteiger partial charge on any atom is -0.445 e. The summed E-state index contributed by atoms with van der Waals surface area (Å²) in [7, 11) is 0. The molecule has 6 heteroatoms. The number of nitrogens with zero attached hydrogens (tertiary/aromatic N) is 1. The Labute approximate surface area is 165 Å². The van der Waals surface area contributed by atoms with Crippen molar-refractivity contribution in [1.29, 1.82) is 0 Å². The number of allylic oxidation sites excluding steroid dienone is 3. The van der Waals surface area contributed by atoms with Crippen LogP contribution in [-0.2, 0) is 20.9 Å². The van der Waals surface area contributed by atoms with E-state index in [1.54, 1.807) is 4.90 Å². The molecule has 1 fully saturated rings. The molecule has 28 heavy (non-hydrogen) atoms. The van der Waals surface area contributed by atoms with Gasteiger partial charge in [-0.3, -0.25) is 9.59 Å². The number of hydrogen-bond donors (Lipinski definition) is 1. The van der Waals surface area contributed by atoms with Crippen LogP contribution in [0.15, 0.2) is 53.6 Å². The summed E-state index contributed by atoms with van der Waals surface area (Å²) in [5, 5.41) is 2.66. The first kappa shape index (κ1) is 19.9. The van der Waals surface area contributed by atoms with Crippen molar-refractivity contribution in [3.63, 3.8) is 0 Å². The molecule has 1 aromatic carbocycles. The van der Waals surface area contributed by atoms with Gasteiger partial charge in [0.05, 0.1) is 6.04 Å². The molecule has 1 aromatic rings. The van der Waals surface area contributed by atoms with Gasteiger partial charge in [-0.25, -0.2) is 4.79 Å². The van der Waals surface area contributed by atoms with Crippen LogP contribution in [0.5, 0.6) is 0 Å². The van der Waals surface area contributed by atoms with Gasteiger partial charge in [0.15, 0.2) is 5.78 Å². The van der Waals surface area contributed by atoms with Crippen LogP contribution in [0.3, 0.4) is 0 Å². The number of nitrogens with one attached hydrogen (secondary N) is 1. The van der Waals surface area contributed by atoms with Gasteiger partial charge < -0.3 is 15.0 Å². The highest BCUT2D eigenvalue weighted by atomic mass is 16.5. The first-order valence-electron chi connectivity index (χ1n) is 9.70. The summed E-state index contributed by atoms with van der Waals surface area (Å²) in [6.45, 7) is 2.73. The lowest BCUT2D eigenvalue weighted by molar-refractivity contribution is -0.133. The number of amides is 2. The van der Waals surface area contributed by atoms with Crippen LogP contribution in [-0.4, -0.2) is 41.8 Å². The maximum Gasteiger partial charge on any atom is 0.407 e. The van der Waals surface area contributed by atoms with Crippen molar-refractivity contribution in [2.24, 2.45) is 0 Å². The van der Waals surface area contributed by atoms with Crippen LogP contribution in [0.2, 0.25) is 0 Å². The number of likely N-dealkylation sites (tertiary alicyclic amines) is 1. The molecule has 1 heterocycles. The van der Waals surface area contributed by atoms with Gasteiger partial charge in [0.2, 0.25) is 5.91 Å². The number of benzene rings is 1. The molecule has 1 aliphatic heterocycles. The van der Waals surface area contributed by atoms with Gasteiger partial charge in [-0.05, 0) is 37.3 Å². The zero-order chi connectivity index (χ0) is 19.9. The number of rotatable bonds is 7. The highest BCUT2D eigenvalue weighted by Gasteiger charge is 2.36. The lowest BCUT2D eigenvalue weighted by Crippen LogP contribution is -2.43. The highest BCUT2D eigenvalue weighted by Crippen LogP contribution is 2.26. The van der Waals surface area contributed by atoms with Crippen molar-refractivity contribution < 1.29 is 19.1 Å². The van der Waals surface area contributed by atoms with Crippen molar-refractivity contribution in [3.8, 4) is 0 Å². The number of hydrogen-bond acceptors (Lipinski definition) is 4. The Morgan fingerprint density at radius 3 is 2.75 bits per heavy atom. The average Bonchev–Trinajstić information content (AvgIpc) is 3.07. The van der Waals surface area contributed by atoms with E-state index in [0.29, 0.717) is 19.4 Å². The summed E-state index contributed by atoms with van der Waals surface area (Å²) in [6.07, 6.45) is 5.99. The lowest BCUT2D eigenvalue weighted by Gasteiger charge is -2.25. The SMILES string of the molecule is CC1=CCCC(C(=O)C2CCC(=O)N2CCNC(=O)OCc2ccccc2)=C1. The van der Waals surface area contributed by atoms with Crippen LogP contribution in [0.25, 0.3) is 0 Å². The standard InChI is InChI=1S/C22H26N2O4/c1-16-6-5-9-18(14-16)21(26)19-10-11-20(25)24(19)13-12-23-22(27)28-15-17-7-3-2-4-8-17/h2-4,6-8,14,19H,5,9-13,15H2,1H3,(H,23,27). The Kier molecular flexibility index (Phi) is 6.63. The van der Waals surface area contributed by atoms with E-state index in [0.717, 1.165) is 29.6 Å². The Hall–Kier alpha value is -2.89. The van der Waals surface area contributed by atoms with E-state index in [1.165, 1.54) is 0 Å². The van der Waals surface area contributed by atoms with Gasteiger partial charge in [-0.15, -0.1) is 0 Å². The second-order valence-electron chi connectivity index (χ2n) is 7.15. The molecule has 2 aliphatic rings. The molecule has 0 radical (unpaired) electrons. The van der Waals surface area contributed by atoms with Crippen molar-refractivity contribution >= 4 is 17.8 Å². The molecular formula is C22H26N2O4. The summed E-state index contributed by atoms with van der Waals surface area (Å²) in [4.78, 5) is 38.5. The summed E-state index contributed by atoms with van der Waals surface area (Å²) < 4.78 is 5.17. The molecule has 1 N–H and O–H groups in total. The van der Waals surface area contributed by atoms with E-state index in [1.807, 2.05) is 43.3 Å². The second-order valence-corrected chi connectivity index (χ2v) is 7.15. The van der Waals surface area contributed by atoms with Crippen LogP contribution in [0.4, 0.5) is 4.79 Å². The monoisotopic (exact) mass is 382 g/mol. The molecule has 1 atom stereocenters. The summed E-state index contributed by atoms with van der Waals surface area (Å²) >= 11 is 0. The zero-order valence-electron chi connectivity index (χ0n) is 16.1. The molecule has 3 rings (SSSR count). The third-order valence-electron chi connectivity index (χ3n) is 5.06. The van der Waals surface area contributed by atoms with E-state index in [4.69, 9.17) is 4.74 Å². The molecule has 0 saturated carbocycles. The van der Waals surface area contributed by atoms with Crippen molar-refractivity contribution in [3.05, 3.63) is 59.2 Å². The van der Waals surface area contributed by atoms with Gasteiger partial charge in [0.1, 0.15) is 6.61 Å². The number of ketones is 1. The number of carbonyl (C=O) groups excluding carboxylic acids is 3. The van der Waals surface area contributed by atoms with Crippen LogP contribution in [0.1, 0.15) is 38.2 Å². The van der Waals surface area contributed by atoms with Gasteiger partial charge in [0, 0.05) is 19.5 Å². The van der Waals surface area contributed by atoms with Gasteiger partial charge in [-0.1, -0.05) is 48.1 Å². The quantitative estimate of drug-likeness (QED) is 0.786. The maximum atomic E-state index is 12.9. The molecule has 0 aromatic heterocycles. The van der Waals surface area contributed by atoms with E-state index in [9.17, 15) is 14.4 Å². The van der Waals surface area contributed by atoms with Crippen LogP contribution >= 0.6 is 0 Å². The zero-order valence-corrected chi connectivity index (χ0v) is 16.1. The number of carbonyl (C=O) groups is 3. The molecule has 0 spiro atoms. The normalized spacial score (nSPS) is 19.1. The Bertz CT molecular complexity index is 798. The molecule has 6 nitrogen and oxygen atoms in total. The van der Waals surface area contributed by atoms with Crippen molar-refractivity contribution in [2.75, 3.05) is 13.1 Å². The van der Waals surface area contributed by atoms with Crippen molar-refractivity contribution in [2.45, 2.75) is 45.3 Å². The summed E-state index contributed by atoms with van der Waals surface area (Å²) in [5.41, 5.74) is 2.79. The van der Waals surface area contributed by atoms with E-state index in [2.05, 4.69) is 11.4 Å². The lowest BCUT2D eigenvalue weighted by atomic mass is 9.93. The third kappa shape index (κ3) is 5.09. The Balaban J connectivity index is 1.48. The molecule has 0 bridgehead atoms. The van der Waals surface area contributed by atoms with E-state index in [-0.39, 0.29) is 24.8 Å². The summed E-state index contributed by atoms with van der Waals surface area (Å²) in [6, 6.07) is 8.99. The Morgan fingerprint density at radius 2 is 2.00 bits per heavy atom. The fourth-order valence-corrected chi connectivity index (χ4v) is 3.61. The molecular weight excluding hydrogens is 356 g/mol. The summed E-state index contributed by atoms with van der Waals surface area (Å²) in [5.74, 6) is -0.00793. The molecule has 2 amide bonds. The average molecular weight is 382 g/mol. The van der Waals surface area contributed by atoms with Crippen LogP contribution < -0.4 is 5.32 Å². The molecule has 1 unspecified atom stereocenters. The molecule has 1 aliphatic carbocycles. The van der Waals surface area contributed by atoms with Gasteiger partial charge in [0.25, 0.3) is 0 Å². The first-order valence-corrected chi connectivity index (χ1v) is 9.70. The first-order chi connectivity index (χ1) is 13.5. The Morgan fingerprint density at radius 1 is 1.21 bits per heavy atom. The highest BCUT2D eigenvalue weighted by molar-refractivity contribution is 6.03.